The Morgan fingerprint density at radius 1 is 1.06 bits per heavy atom. The van der Waals surface area contributed by atoms with Gasteiger partial charge in [0.15, 0.2) is 18.1 Å². The summed E-state index contributed by atoms with van der Waals surface area (Å²) in [5, 5.41) is 9.82. The highest BCUT2D eigenvalue weighted by Gasteiger charge is 2.31. The van der Waals surface area contributed by atoms with E-state index in [0.717, 1.165) is 11.1 Å². The zero-order valence-corrected chi connectivity index (χ0v) is 20.2. The van der Waals surface area contributed by atoms with Gasteiger partial charge in [0, 0.05) is 11.6 Å². The van der Waals surface area contributed by atoms with Crippen molar-refractivity contribution in [2.45, 2.75) is 19.8 Å². The van der Waals surface area contributed by atoms with Gasteiger partial charge < -0.3 is 29.4 Å². The van der Waals surface area contributed by atoms with Crippen molar-refractivity contribution in [3.63, 3.8) is 0 Å². The van der Waals surface area contributed by atoms with Crippen LogP contribution < -0.4 is 29.4 Å². The number of ether oxygens (including phenoxy) is 5. The zero-order chi connectivity index (χ0) is 25.7. The Kier molecular flexibility index (Phi) is 7.31. The molecule has 0 aromatic heterocycles. The fourth-order valence-corrected chi connectivity index (χ4v) is 3.99. The van der Waals surface area contributed by atoms with Crippen LogP contribution in [0.25, 0.3) is 0 Å². The lowest BCUT2D eigenvalue weighted by Crippen LogP contribution is -2.22. The molecule has 0 fully saturated rings. The van der Waals surface area contributed by atoms with Gasteiger partial charge in [0.2, 0.25) is 5.88 Å². The minimum Gasteiger partial charge on any atom is -0.493 e. The SMILES string of the molecule is CCOc1ccc(C2C(C#N)=C(N)Oc3cc(OC(=O)COc4cccc(C)c4)ccc32)cc1OC. The Balaban J connectivity index is 1.58. The smallest absolute Gasteiger partial charge is 0.349 e. The van der Waals surface area contributed by atoms with Crippen molar-refractivity contribution >= 4 is 5.97 Å². The van der Waals surface area contributed by atoms with Crippen LogP contribution in [0.1, 0.15) is 29.5 Å². The van der Waals surface area contributed by atoms with E-state index in [1.54, 1.807) is 37.4 Å². The average molecular weight is 487 g/mol. The van der Waals surface area contributed by atoms with Crippen LogP contribution in [0.2, 0.25) is 0 Å². The third-order valence-electron chi connectivity index (χ3n) is 5.59. The van der Waals surface area contributed by atoms with Crippen molar-refractivity contribution in [1.29, 1.82) is 5.26 Å². The number of nitrogens with two attached hydrogens (primary N) is 1. The molecule has 8 heteroatoms. The maximum Gasteiger partial charge on any atom is 0.349 e. The third-order valence-corrected chi connectivity index (χ3v) is 5.59. The predicted molar refractivity (Wildman–Crippen MR) is 132 cm³/mol. The quantitative estimate of drug-likeness (QED) is 0.363. The van der Waals surface area contributed by atoms with E-state index in [2.05, 4.69) is 6.07 Å². The molecule has 8 nitrogen and oxygen atoms in total. The number of fused-ring (bicyclic) bond motifs is 1. The first-order valence-corrected chi connectivity index (χ1v) is 11.4. The molecule has 2 N–H and O–H groups in total. The summed E-state index contributed by atoms with van der Waals surface area (Å²) < 4.78 is 27.8. The number of carbonyl (C=O) groups excluding carboxylic acids is 1. The van der Waals surface area contributed by atoms with Gasteiger partial charge in [0.25, 0.3) is 0 Å². The molecule has 0 radical (unpaired) electrons. The molecule has 1 aliphatic heterocycles. The normalized spacial score (nSPS) is 14.2. The molecule has 1 atom stereocenters. The number of hydrogen-bond donors (Lipinski definition) is 1. The monoisotopic (exact) mass is 486 g/mol. The second-order valence-corrected chi connectivity index (χ2v) is 8.05. The van der Waals surface area contributed by atoms with Crippen LogP contribution in [0.15, 0.2) is 72.1 Å². The van der Waals surface area contributed by atoms with Crippen LogP contribution >= 0.6 is 0 Å². The van der Waals surface area contributed by atoms with Crippen molar-refractivity contribution in [3.05, 3.63) is 88.8 Å². The Hall–Kier alpha value is -4.64. The van der Waals surface area contributed by atoms with E-state index < -0.39 is 11.9 Å². The Morgan fingerprint density at radius 2 is 1.89 bits per heavy atom. The number of rotatable bonds is 8. The highest BCUT2D eigenvalue weighted by Crippen LogP contribution is 2.45. The number of allylic oxidation sites excluding steroid dienone is 1. The molecule has 36 heavy (non-hydrogen) atoms. The molecule has 0 saturated heterocycles. The maximum absolute atomic E-state index is 12.4. The molecule has 1 heterocycles. The standard InChI is InChI=1S/C28H26N2O6/c1-4-33-23-11-8-18(13-25(23)32-3)27-21-10-9-20(14-24(21)36-28(30)22(27)15-29)35-26(31)16-34-19-7-5-6-17(2)12-19/h5-14,27H,4,16,30H2,1-3H3. The van der Waals surface area contributed by atoms with Crippen LogP contribution in [0.4, 0.5) is 0 Å². The first-order valence-electron chi connectivity index (χ1n) is 11.4. The lowest BCUT2D eigenvalue weighted by atomic mass is 9.83. The number of nitriles is 1. The molecule has 1 aliphatic rings. The summed E-state index contributed by atoms with van der Waals surface area (Å²) in [5.74, 6) is 1.28. The van der Waals surface area contributed by atoms with E-state index >= 15 is 0 Å². The fraction of sp³-hybridized carbons (Fsp3) is 0.214. The molecule has 0 saturated carbocycles. The summed E-state index contributed by atoms with van der Waals surface area (Å²) in [4.78, 5) is 12.4. The highest BCUT2D eigenvalue weighted by atomic mass is 16.6. The first kappa shape index (κ1) is 24.5. The molecule has 0 amide bonds. The molecule has 3 aromatic carbocycles. The van der Waals surface area contributed by atoms with Crippen molar-refractivity contribution in [2.75, 3.05) is 20.3 Å². The van der Waals surface area contributed by atoms with E-state index in [9.17, 15) is 10.1 Å². The van der Waals surface area contributed by atoms with Crippen LogP contribution in [-0.2, 0) is 4.79 Å². The summed E-state index contributed by atoms with van der Waals surface area (Å²) in [6, 6.07) is 20.0. The molecular weight excluding hydrogens is 460 g/mol. The van der Waals surface area contributed by atoms with Gasteiger partial charge in [-0.15, -0.1) is 0 Å². The minimum absolute atomic E-state index is 0.0193. The number of aryl methyl sites for hydroxylation is 1. The van der Waals surface area contributed by atoms with E-state index in [1.165, 1.54) is 0 Å². The number of nitrogens with zero attached hydrogens (tertiary/aromatic N) is 1. The number of carbonyl (C=O) groups is 1. The summed E-state index contributed by atoms with van der Waals surface area (Å²) in [7, 11) is 1.55. The summed E-state index contributed by atoms with van der Waals surface area (Å²) >= 11 is 0. The van der Waals surface area contributed by atoms with Crippen LogP contribution in [0, 0.1) is 18.3 Å². The highest BCUT2D eigenvalue weighted by molar-refractivity contribution is 5.74. The number of hydrogen-bond acceptors (Lipinski definition) is 8. The molecule has 0 spiro atoms. The van der Waals surface area contributed by atoms with Crippen LogP contribution in [0.3, 0.4) is 0 Å². The first-order chi connectivity index (χ1) is 17.4. The molecule has 0 bridgehead atoms. The number of benzene rings is 3. The van der Waals surface area contributed by atoms with Gasteiger partial charge in [-0.05, 0) is 55.3 Å². The van der Waals surface area contributed by atoms with E-state index in [1.807, 2.05) is 44.2 Å². The van der Waals surface area contributed by atoms with E-state index in [-0.39, 0.29) is 23.8 Å². The molecule has 184 valence electrons. The predicted octanol–water partition coefficient (Wildman–Crippen LogP) is 4.60. The molecule has 0 aliphatic carbocycles. The zero-order valence-electron chi connectivity index (χ0n) is 20.2. The lowest BCUT2D eigenvalue weighted by Gasteiger charge is -2.27. The van der Waals surface area contributed by atoms with Gasteiger partial charge in [0.05, 0.1) is 19.6 Å². The third kappa shape index (κ3) is 5.20. The van der Waals surface area contributed by atoms with Gasteiger partial charge in [-0.25, -0.2) is 4.79 Å². The topological polar surface area (TPSA) is 113 Å². The average Bonchev–Trinajstić information content (AvgIpc) is 2.87. The maximum atomic E-state index is 12.4. The summed E-state index contributed by atoms with van der Waals surface area (Å²) in [5.41, 5.74) is 8.87. The number of esters is 1. The van der Waals surface area contributed by atoms with Crippen molar-refractivity contribution < 1.29 is 28.5 Å². The van der Waals surface area contributed by atoms with Crippen molar-refractivity contribution in [1.82, 2.24) is 0 Å². The van der Waals surface area contributed by atoms with Crippen molar-refractivity contribution in [2.24, 2.45) is 5.73 Å². The minimum atomic E-state index is -0.568. The van der Waals surface area contributed by atoms with Gasteiger partial charge in [0.1, 0.15) is 28.9 Å². The van der Waals surface area contributed by atoms with Gasteiger partial charge >= 0.3 is 5.97 Å². The van der Waals surface area contributed by atoms with Crippen molar-refractivity contribution in [3.8, 4) is 34.8 Å². The molecule has 1 unspecified atom stereocenters. The van der Waals surface area contributed by atoms with E-state index in [4.69, 9.17) is 29.4 Å². The molecular formula is C28H26N2O6. The Bertz CT molecular complexity index is 1360. The lowest BCUT2D eigenvalue weighted by molar-refractivity contribution is -0.136. The molecule has 4 rings (SSSR count). The largest absolute Gasteiger partial charge is 0.493 e. The second-order valence-electron chi connectivity index (χ2n) is 8.05. The van der Waals surface area contributed by atoms with Gasteiger partial charge in [-0.3, -0.25) is 0 Å². The van der Waals surface area contributed by atoms with Gasteiger partial charge in [-0.1, -0.05) is 24.3 Å². The van der Waals surface area contributed by atoms with Crippen LogP contribution in [-0.4, -0.2) is 26.3 Å². The Labute approximate surface area is 209 Å². The molecule has 3 aromatic rings. The Morgan fingerprint density at radius 3 is 2.61 bits per heavy atom. The van der Waals surface area contributed by atoms with Crippen LogP contribution in [0.5, 0.6) is 28.7 Å². The summed E-state index contributed by atoms with van der Waals surface area (Å²) in [6.07, 6.45) is 0. The fourth-order valence-electron chi connectivity index (χ4n) is 3.99. The number of methoxy groups -OCH3 is 1. The van der Waals surface area contributed by atoms with Gasteiger partial charge in [-0.2, -0.15) is 5.26 Å². The van der Waals surface area contributed by atoms with E-state index in [0.29, 0.717) is 35.2 Å². The second kappa shape index (κ2) is 10.7. The summed E-state index contributed by atoms with van der Waals surface area (Å²) in [6.45, 7) is 4.06.